The summed E-state index contributed by atoms with van der Waals surface area (Å²) in [6, 6.07) is 14.9. The monoisotopic (exact) mass is 347 g/mol. The molecule has 0 aliphatic heterocycles. The number of carbonyl (C=O) groups excluding carboxylic acids is 1. The lowest BCUT2D eigenvalue weighted by Gasteiger charge is -2.29. The first kappa shape index (κ1) is 15.7. The number of halogens is 1. The van der Waals surface area contributed by atoms with Gasteiger partial charge >= 0.3 is 0 Å². The number of hydrogen-bond donors (Lipinski definition) is 2. The SMILES string of the molecule is Cc1cc(C(=O)NC(C)(CO)c2ccccc2)ccc1Br. The summed E-state index contributed by atoms with van der Waals surface area (Å²) in [5.41, 5.74) is 1.63. The van der Waals surface area contributed by atoms with Gasteiger partial charge in [-0.3, -0.25) is 4.79 Å². The van der Waals surface area contributed by atoms with Gasteiger partial charge in [-0.15, -0.1) is 0 Å². The van der Waals surface area contributed by atoms with Crippen molar-refractivity contribution in [2.75, 3.05) is 6.61 Å². The van der Waals surface area contributed by atoms with E-state index in [0.29, 0.717) is 5.56 Å². The largest absolute Gasteiger partial charge is 0.394 e. The first-order chi connectivity index (χ1) is 9.96. The molecule has 21 heavy (non-hydrogen) atoms. The second-order valence-electron chi connectivity index (χ2n) is 5.27. The Balaban J connectivity index is 2.26. The summed E-state index contributed by atoms with van der Waals surface area (Å²) in [6.07, 6.45) is 0. The normalized spacial score (nSPS) is 13.5. The van der Waals surface area contributed by atoms with E-state index in [2.05, 4.69) is 21.2 Å². The molecule has 1 atom stereocenters. The van der Waals surface area contributed by atoms with Crippen LogP contribution >= 0.6 is 15.9 Å². The van der Waals surface area contributed by atoms with Gasteiger partial charge in [-0.25, -0.2) is 0 Å². The van der Waals surface area contributed by atoms with E-state index in [4.69, 9.17) is 0 Å². The van der Waals surface area contributed by atoms with Crippen molar-refractivity contribution in [2.45, 2.75) is 19.4 Å². The van der Waals surface area contributed by atoms with E-state index in [-0.39, 0.29) is 12.5 Å². The number of nitrogens with one attached hydrogen (secondary N) is 1. The third-order valence-corrected chi connectivity index (χ3v) is 4.43. The molecule has 2 rings (SSSR count). The average Bonchev–Trinajstić information content (AvgIpc) is 2.50. The van der Waals surface area contributed by atoms with Crippen molar-refractivity contribution < 1.29 is 9.90 Å². The van der Waals surface area contributed by atoms with Gasteiger partial charge in [0.15, 0.2) is 0 Å². The maximum Gasteiger partial charge on any atom is 0.252 e. The molecule has 0 fully saturated rings. The van der Waals surface area contributed by atoms with Crippen LogP contribution in [0.1, 0.15) is 28.4 Å². The Morgan fingerprint density at radius 1 is 1.24 bits per heavy atom. The molecule has 0 radical (unpaired) electrons. The predicted octanol–water partition coefficient (Wildman–Crippen LogP) is 3.40. The van der Waals surface area contributed by atoms with Gasteiger partial charge in [0.25, 0.3) is 5.91 Å². The fourth-order valence-electron chi connectivity index (χ4n) is 2.12. The van der Waals surface area contributed by atoms with Crippen molar-refractivity contribution in [1.29, 1.82) is 0 Å². The number of aliphatic hydroxyl groups is 1. The van der Waals surface area contributed by atoms with Crippen LogP contribution in [0.2, 0.25) is 0 Å². The Labute approximate surface area is 133 Å². The highest BCUT2D eigenvalue weighted by Crippen LogP contribution is 2.22. The maximum atomic E-state index is 12.4. The summed E-state index contributed by atoms with van der Waals surface area (Å²) in [5.74, 6) is -0.203. The molecule has 0 bridgehead atoms. The highest BCUT2D eigenvalue weighted by atomic mass is 79.9. The van der Waals surface area contributed by atoms with Crippen LogP contribution in [0.5, 0.6) is 0 Å². The quantitative estimate of drug-likeness (QED) is 0.890. The lowest BCUT2D eigenvalue weighted by molar-refractivity contribution is 0.0849. The Morgan fingerprint density at radius 3 is 2.48 bits per heavy atom. The summed E-state index contributed by atoms with van der Waals surface area (Å²) >= 11 is 3.42. The van der Waals surface area contributed by atoms with E-state index in [9.17, 15) is 9.90 Å². The Bertz CT molecular complexity index is 642. The molecule has 1 unspecified atom stereocenters. The Kier molecular flexibility index (Phi) is 4.80. The van der Waals surface area contributed by atoms with Gasteiger partial charge in [-0.2, -0.15) is 0 Å². The topological polar surface area (TPSA) is 49.3 Å². The second kappa shape index (κ2) is 6.41. The molecule has 0 spiro atoms. The van der Waals surface area contributed by atoms with Crippen molar-refractivity contribution in [3.05, 3.63) is 69.7 Å². The van der Waals surface area contributed by atoms with Crippen LogP contribution in [0, 0.1) is 6.92 Å². The molecule has 0 aliphatic rings. The van der Waals surface area contributed by atoms with E-state index < -0.39 is 5.54 Å². The van der Waals surface area contributed by atoms with Crippen molar-refractivity contribution in [1.82, 2.24) is 5.32 Å². The number of rotatable bonds is 4. The molecule has 3 nitrogen and oxygen atoms in total. The predicted molar refractivity (Wildman–Crippen MR) is 87.2 cm³/mol. The van der Waals surface area contributed by atoms with Crippen molar-refractivity contribution in [2.24, 2.45) is 0 Å². The minimum absolute atomic E-state index is 0.168. The second-order valence-corrected chi connectivity index (χ2v) is 6.13. The lowest BCUT2D eigenvalue weighted by Crippen LogP contribution is -2.46. The first-order valence-corrected chi connectivity index (χ1v) is 7.50. The fourth-order valence-corrected chi connectivity index (χ4v) is 2.36. The van der Waals surface area contributed by atoms with Gasteiger partial charge in [0, 0.05) is 10.0 Å². The summed E-state index contributed by atoms with van der Waals surface area (Å²) in [6.45, 7) is 3.58. The number of hydrogen-bond acceptors (Lipinski definition) is 2. The first-order valence-electron chi connectivity index (χ1n) is 6.71. The van der Waals surface area contributed by atoms with Crippen LogP contribution < -0.4 is 5.32 Å². The van der Waals surface area contributed by atoms with Gasteiger partial charge in [0.1, 0.15) is 0 Å². The van der Waals surface area contributed by atoms with Crippen LogP contribution in [0.25, 0.3) is 0 Å². The molecule has 2 aromatic carbocycles. The molecule has 0 aromatic heterocycles. The molecule has 4 heteroatoms. The number of aryl methyl sites for hydroxylation is 1. The zero-order valence-corrected chi connectivity index (χ0v) is 13.6. The number of benzene rings is 2. The minimum Gasteiger partial charge on any atom is -0.394 e. The molecule has 2 aromatic rings. The molecule has 110 valence electrons. The van der Waals surface area contributed by atoms with Gasteiger partial charge in [-0.1, -0.05) is 46.3 Å². The average molecular weight is 348 g/mol. The Morgan fingerprint density at radius 2 is 1.90 bits per heavy atom. The number of aliphatic hydroxyl groups excluding tert-OH is 1. The van der Waals surface area contributed by atoms with Crippen molar-refractivity contribution in [3.63, 3.8) is 0 Å². The standard InChI is InChI=1S/C17H18BrNO2/c1-12-10-13(8-9-15(12)18)16(21)19-17(2,11-20)14-6-4-3-5-7-14/h3-10,20H,11H2,1-2H3,(H,19,21). The highest BCUT2D eigenvalue weighted by Gasteiger charge is 2.28. The number of amides is 1. The smallest absolute Gasteiger partial charge is 0.252 e. The van der Waals surface area contributed by atoms with E-state index in [1.54, 1.807) is 6.07 Å². The molecule has 2 N–H and O–H groups in total. The van der Waals surface area contributed by atoms with Gasteiger partial charge in [0.05, 0.1) is 12.1 Å². The van der Waals surface area contributed by atoms with Crippen LogP contribution in [0.15, 0.2) is 53.0 Å². The van der Waals surface area contributed by atoms with E-state index in [1.807, 2.05) is 56.3 Å². The van der Waals surface area contributed by atoms with E-state index in [0.717, 1.165) is 15.6 Å². The lowest BCUT2D eigenvalue weighted by atomic mass is 9.92. The van der Waals surface area contributed by atoms with E-state index >= 15 is 0 Å². The molecule has 0 aliphatic carbocycles. The zero-order valence-electron chi connectivity index (χ0n) is 12.1. The summed E-state index contributed by atoms with van der Waals surface area (Å²) in [4.78, 5) is 12.4. The molecule has 0 saturated heterocycles. The molecular formula is C17H18BrNO2. The Hall–Kier alpha value is -1.65. The molecule has 0 saturated carbocycles. The summed E-state index contributed by atoms with van der Waals surface area (Å²) in [7, 11) is 0. The molecule has 1 amide bonds. The third-order valence-electron chi connectivity index (χ3n) is 3.54. The van der Waals surface area contributed by atoms with Gasteiger partial charge in [0.2, 0.25) is 0 Å². The third kappa shape index (κ3) is 3.52. The van der Waals surface area contributed by atoms with Crippen LogP contribution in [0.3, 0.4) is 0 Å². The minimum atomic E-state index is -0.806. The highest BCUT2D eigenvalue weighted by molar-refractivity contribution is 9.10. The van der Waals surface area contributed by atoms with Gasteiger partial charge < -0.3 is 10.4 Å². The molecular weight excluding hydrogens is 330 g/mol. The van der Waals surface area contributed by atoms with Gasteiger partial charge in [-0.05, 0) is 43.2 Å². The van der Waals surface area contributed by atoms with E-state index in [1.165, 1.54) is 0 Å². The number of carbonyl (C=O) groups is 1. The van der Waals surface area contributed by atoms with Crippen molar-refractivity contribution in [3.8, 4) is 0 Å². The van der Waals surface area contributed by atoms with Crippen LogP contribution in [-0.2, 0) is 5.54 Å². The van der Waals surface area contributed by atoms with Crippen LogP contribution in [-0.4, -0.2) is 17.6 Å². The maximum absolute atomic E-state index is 12.4. The van der Waals surface area contributed by atoms with Crippen LogP contribution in [0.4, 0.5) is 0 Å². The zero-order chi connectivity index (χ0) is 15.5. The molecule has 0 heterocycles. The summed E-state index contributed by atoms with van der Waals surface area (Å²) in [5, 5.41) is 12.6. The summed E-state index contributed by atoms with van der Waals surface area (Å²) < 4.78 is 0.965. The fraction of sp³-hybridized carbons (Fsp3) is 0.235. The van der Waals surface area contributed by atoms with Crippen molar-refractivity contribution >= 4 is 21.8 Å².